The fraction of sp³-hybridized carbons (Fsp3) is 0.857. The standard InChI is InChI=1S/C14H26N4O/c1-5-19-14(8-6-13(3,4)7-9-14)12-16-11(10(2)15)17-18-12/h10H,5-9,15H2,1-4H3,(H,16,17,18). The third-order valence-electron chi connectivity index (χ3n) is 4.17. The molecule has 19 heavy (non-hydrogen) atoms. The van der Waals surface area contributed by atoms with Crippen LogP contribution in [-0.4, -0.2) is 21.8 Å². The van der Waals surface area contributed by atoms with Crippen molar-refractivity contribution in [3.8, 4) is 0 Å². The number of ether oxygens (including phenoxy) is 1. The van der Waals surface area contributed by atoms with Gasteiger partial charge in [-0.15, -0.1) is 0 Å². The van der Waals surface area contributed by atoms with Crippen LogP contribution in [0.15, 0.2) is 0 Å². The van der Waals surface area contributed by atoms with Crippen LogP contribution in [-0.2, 0) is 10.3 Å². The summed E-state index contributed by atoms with van der Waals surface area (Å²) in [6.07, 6.45) is 4.22. The lowest BCUT2D eigenvalue weighted by Gasteiger charge is -2.41. The summed E-state index contributed by atoms with van der Waals surface area (Å²) in [5.74, 6) is 1.51. The van der Waals surface area contributed by atoms with Crippen molar-refractivity contribution in [1.82, 2.24) is 15.2 Å². The largest absolute Gasteiger partial charge is 0.367 e. The number of H-pyrrole nitrogens is 1. The van der Waals surface area contributed by atoms with Gasteiger partial charge in [0, 0.05) is 6.61 Å². The lowest BCUT2D eigenvalue weighted by atomic mass is 9.70. The molecule has 0 saturated heterocycles. The average Bonchev–Trinajstić information content (AvgIpc) is 2.83. The molecule has 1 heterocycles. The molecule has 1 saturated carbocycles. The summed E-state index contributed by atoms with van der Waals surface area (Å²) >= 11 is 0. The van der Waals surface area contributed by atoms with Gasteiger partial charge in [0.2, 0.25) is 0 Å². The van der Waals surface area contributed by atoms with Crippen LogP contribution in [0.5, 0.6) is 0 Å². The van der Waals surface area contributed by atoms with E-state index in [9.17, 15) is 0 Å². The van der Waals surface area contributed by atoms with Gasteiger partial charge in [0.05, 0.1) is 6.04 Å². The van der Waals surface area contributed by atoms with E-state index >= 15 is 0 Å². The Morgan fingerprint density at radius 3 is 2.42 bits per heavy atom. The zero-order valence-electron chi connectivity index (χ0n) is 12.5. The molecule has 1 unspecified atom stereocenters. The Hall–Kier alpha value is -0.940. The second-order valence-corrected chi connectivity index (χ2v) is 6.42. The van der Waals surface area contributed by atoms with Gasteiger partial charge < -0.3 is 10.5 Å². The SMILES string of the molecule is CCOC1(c2n[nH]c(C(C)N)n2)CCC(C)(C)CC1. The Morgan fingerprint density at radius 1 is 1.32 bits per heavy atom. The summed E-state index contributed by atoms with van der Waals surface area (Å²) in [7, 11) is 0. The van der Waals surface area contributed by atoms with Gasteiger partial charge in [-0.25, -0.2) is 4.98 Å². The molecule has 0 spiro atoms. The average molecular weight is 266 g/mol. The monoisotopic (exact) mass is 266 g/mol. The zero-order chi connectivity index (χ0) is 14.1. The molecule has 0 aromatic carbocycles. The highest BCUT2D eigenvalue weighted by Crippen LogP contribution is 2.46. The van der Waals surface area contributed by atoms with E-state index < -0.39 is 0 Å². The van der Waals surface area contributed by atoms with Crippen molar-refractivity contribution < 1.29 is 4.74 Å². The van der Waals surface area contributed by atoms with E-state index in [-0.39, 0.29) is 11.6 Å². The number of rotatable bonds is 4. The Kier molecular flexibility index (Phi) is 3.97. The minimum Gasteiger partial charge on any atom is -0.367 e. The topological polar surface area (TPSA) is 76.8 Å². The first-order valence-electron chi connectivity index (χ1n) is 7.21. The van der Waals surface area contributed by atoms with E-state index in [0.29, 0.717) is 12.0 Å². The predicted octanol–water partition coefficient (Wildman–Crippen LogP) is 2.66. The smallest absolute Gasteiger partial charge is 0.182 e. The summed E-state index contributed by atoms with van der Waals surface area (Å²) in [5.41, 5.74) is 5.91. The molecule has 0 bridgehead atoms. The van der Waals surface area contributed by atoms with Gasteiger partial charge in [0.1, 0.15) is 11.4 Å². The maximum atomic E-state index is 6.06. The molecule has 2 rings (SSSR count). The summed E-state index contributed by atoms with van der Waals surface area (Å²) < 4.78 is 6.06. The Morgan fingerprint density at radius 2 is 1.95 bits per heavy atom. The number of hydrogen-bond acceptors (Lipinski definition) is 4. The predicted molar refractivity (Wildman–Crippen MR) is 74.5 cm³/mol. The second kappa shape index (κ2) is 5.21. The van der Waals surface area contributed by atoms with Gasteiger partial charge in [-0.05, 0) is 44.9 Å². The molecule has 5 nitrogen and oxygen atoms in total. The van der Waals surface area contributed by atoms with Crippen molar-refractivity contribution in [3.05, 3.63) is 11.6 Å². The normalized spacial score (nSPS) is 23.2. The molecule has 0 aliphatic heterocycles. The third kappa shape index (κ3) is 2.98. The molecule has 1 aliphatic rings. The number of nitrogens with zero attached hydrogens (tertiary/aromatic N) is 2. The number of nitrogens with one attached hydrogen (secondary N) is 1. The van der Waals surface area contributed by atoms with Gasteiger partial charge in [-0.3, -0.25) is 5.10 Å². The van der Waals surface area contributed by atoms with Crippen LogP contribution in [0.1, 0.15) is 71.1 Å². The zero-order valence-corrected chi connectivity index (χ0v) is 12.5. The number of hydrogen-bond donors (Lipinski definition) is 2. The highest BCUT2D eigenvalue weighted by Gasteiger charge is 2.43. The van der Waals surface area contributed by atoms with Gasteiger partial charge in [-0.1, -0.05) is 13.8 Å². The van der Waals surface area contributed by atoms with E-state index in [4.69, 9.17) is 10.5 Å². The Balaban J connectivity index is 2.24. The lowest BCUT2D eigenvalue weighted by molar-refractivity contribution is -0.0946. The third-order valence-corrected chi connectivity index (χ3v) is 4.17. The quantitative estimate of drug-likeness (QED) is 0.878. The van der Waals surface area contributed by atoms with E-state index in [1.165, 1.54) is 0 Å². The van der Waals surface area contributed by atoms with E-state index in [0.717, 1.165) is 37.3 Å². The van der Waals surface area contributed by atoms with Gasteiger partial charge in [0.15, 0.2) is 5.82 Å². The fourth-order valence-corrected chi connectivity index (χ4v) is 2.72. The van der Waals surface area contributed by atoms with Crippen molar-refractivity contribution in [2.75, 3.05) is 6.61 Å². The van der Waals surface area contributed by atoms with Crippen molar-refractivity contribution >= 4 is 0 Å². The summed E-state index contributed by atoms with van der Waals surface area (Å²) in [5, 5.41) is 7.30. The van der Waals surface area contributed by atoms with Gasteiger partial charge >= 0.3 is 0 Å². The van der Waals surface area contributed by atoms with Gasteiger partial charge in [-0.2, -0.15) is 5.10 Å². The van der Waals surface area contributed by atoms with Crippen LogP contribution in [0.3, 0.4) is 0 Å². The fourth-order valence-electron chi connectivity index (χ4n) is 2.72. The van der Waals surface area contributed by atoms with Crippen LogP contribution in [0.25, 0.3) is 0 Å². The molecule has 0 radical (unpaired) electrons. The van der Waals surface area contributed by atoms with Crippen molar-refractivity contribution in [2.24, 2.45) is 11.1 Å². The first-order chi connectivity index (χ1) is 8.88. The molecular formula is C14H26N4O. The Bertz CT molecular complexity index is 415. The molecule has 1 aromatic heterocycles. The summed E-state index contributed by atoms with van der Waals surface area (Å²) in [4.78, 5) is 4.56. The molecule has 3 N–H and O–H groups in total. The van der Waals surface area contributed by atoms with Crippen LogP contribution in [0.4, 0.5) is 0 Å². The van der Waals surface area contributed by atoms with Crippen LogP contribution < -0.4 is 5.73 Å². The molecule has 1 aromatic rings. The number of aromatic amines is 1. The van der Waals surface area contributed by atoms with E-state index in [1.807, 2.05) is 13.8 Å². The van der Waals surface area contributed by atoms with Crippen LogP contribution in [0, 0.1) is 5.41 Å². The number of aromatic nitrogens is 3. The van der Waals surface area contributed by atoms with E-state index in [2.05, 4.69) is 29.0 Å². The molecule has 5 heteroatoms. The first kappa shape index (κ1) is 14.5. The van der Waals surface area contributed by atoms with Gasteiger partial charge in [0.25, 0.3) is 0 Å². The van der Waals surface area contributed by atoms with E-state index in [1.54, 1.807) is 0 Å². The number of nitrogens with two attached hydrogens (primary N) is 1. The minimum atomic E-state index is -0.325. The lowest BCUT2D eigenvalue weighted by Crippen LogP contribution is -2.38. The van der Waals surface area contributed by atoms with Crippen molar-refractivity contribution in [1.29, 1.82) is 0 Å². The molecular weight excluding hydrogens is 240 g/mol. The van der Waals surface area contributed by atoms with Crippen LogP contribution >= 0.6 is 0 Å². The maximum absolute atomic E-state index is 6.06. The highest BCUT2D eigenvalue weighted by molar-refractivity contribution is 5.07. The van der Waals surface area contributed by atoms with Crippen LogP contribution in [0.2, 0.25) is 0 Å². The second-order valence-electron chi connectivity index (χ2n) is 6.42. The maximum Gasteiger partial charge on any atom is 0.182 e. The Labute approximate surface area is 115 Å². The molecule has 1 fully saturated rings. The summed E-state index contributed by atoms with van der Waals surface area (Å²) in [6, 6.07) is -0.125. The van der Waals surface area contributed by atoms with Crippen molar-refractivity contribution in [3.63, 3.8) is 0 Å². The summed E-state index contributed by atoms with van der Waals surface area (Å²) in [6.45, 7) is 9.24. The highest BCUT2D eigenvalue weighted by atomic mass is 16.5. The van der Waals surface area contributed by atoms with Crippen molar-refractivity contribution in [2.45, 2.75) is 65.0 Å². The molecule has 0 amide bonds. The molecule has 108 valence electrons. The first-order valence-corrected chi connectivity index (χ1v) is 7.21. The molecule has 1 atom stereocenters. The minimum absolute atomic E-state index is 0.125. The molecule has 1 aliphatic carbocycles.